The van der Waals surface area contributed by atoms with E-state index >= 15 is 0 Å². The molecule has 0 fully saturated rings. The molecule has 0 saturated carbocycles. The van der Waals surface area contributed by atoms with E-state index in [-0.39, 0.29) is 0 Å². The number of pyridine rings is 1. The average molecular weight is 249 g/mol. The Hall–Kier alpha value is -1.56. The van der Waals surface area contributed by atoms with E-state index in [9.17, 15) is 0 Å². The van der Waals surface area contributed by atoms with Gasteiger partial charge in [0.05, 0.1) is 21.3 Å². The van der Waals surface area contributed by atoms with Gasteiger partial charge in [0.15, 0.2) is 0 Å². The van der Waals surface area contributed by atoms with Gasteiger partial charge in [-0.25, -0.2) is 0 Å². The van der Waals surface area contributed by atoms with E-state index in [0.29, 0.717) is 21.3 Å². The zero-order valence-electron chi connectivity index (χ0n) is 8.11. The lowest BCUT2D eigenvalue weighted by Crippen LogP contribution is -1.88. The van der Waals surface area contributed by atoms with Crippen molar-refractivity contribution >= 4 is 23.2 Å². The SMILES string of the molecule is N#Cc1cccnc1-c1ccc(Cl)c(Cl)c1. The summed E-state index contributed by atoms with van der Waals surface area (Å²) in [5.41, 5.74) is 1.91. The Morgan fingerprint density at radius 1 is 1.12 bits per heavy atom. The highest BCUT2D eigenvalue weighted by atomic mass is 35.5. The van der Waals surface area contributed by atoms with E-state index in [1.54, 1.807) is 36.5 Å². The van der Waals surface area contributed by atoms with Crippen molar-refractivity contribution in [3.8, 4) is 17.3 Å². The molecule has 0 N–H and O–H groups in total. The maximum Gasteiger partial charge on any atom is 0.101 e. The normalized spacial score (nSPS) is 9.81. The van der Waals surface area contributed by atoms with Gasteiger partial charge in [0.1, 0.15) is 6.07 Å². The largest absolute Gasteiger partial charge is 0.255 e. The second-order valence-corrected chi connectivity index (χ2v) is 3.95. The van der Waals surface area contributed by atoms with Crippen molar-refractivity contribution in [1.82, 2.24) is 4.98 Å². The van der Waals surface area contributed by atoms with Crippen molar-refractivity contribution in [2.45, 2.75) is 0 Å². The fourth-order valence-electron chi connectivity index (χ4n) is 1.37. The first-order chi connectivity index (χ1) is 7.72. The third-order valence-electron chi connectivity index (χ3n) is 2.12. The summed E-state index contributed by atoms with van der Waals surface area (Å²) in [5, 5.41) is 9.89. The van der Waals surface area contributed by atoms with Crippen LogP contribution in [0, 0.1) is 11.3 Å². The molecule has 1 heterocycles. The Morgan fingerprint density at radius 3 is 2.62 bits per heavy atom. The Labute approximate surface area is 103 Å². The van der Waals surface area contributed by atoms with Gasteiger partial charge in [-0.2, -0.15) is 5.26 Å². The van der Waals surface area contributed by atoms with Crippen LogP contribution in [0.25, 0.3) is 11.3 Å². The first-order valence-corrected chi connectivity index (χ1v) is 5.28. The van der Waals surface area contributed by atoms with E-state index in [1.165, 1.54) is 0 Å². The van der Waals surface area contributed by atoms with E-state index in [0.717, 1.165) is 5.56 Å². The summed E-state index contributed by atoms with van der Waals surface area (Å²) in [7, 11) is 0. The van der Waals surface area contributed by atoms with Crippen LogP contribution in [0.4, 0.5) is 0 Å². The topological polar surface area (TPSA) is 36.7 Å². The molecule has 0 atom stereocenters. The number of benzene rings is 1. The first kappa shape index (κ1) is 10.9. The Balaban J connectivity index is 2.60. The highest BCUT2D eigenvalue weighted by molar-refractivity contribution is 6.42. The van der Waals surface area contributed by atoms with Gasteiger partial charge < -0.3 is 0 Å². The average Bonchev–Trinajstić information content (AvgIpc) is 2.32. The molecule has 0 spiro atoms. The predicted octanol–water partition coefficient (Wildman–Crippen LogP) is 3.93. The summed E-state index contributed by atoms with van der Waals surface area (Å²) in [6, 6.07) is 10.7. The molecule has 2 nitrogen and oxygen atoms in total. The van der Waals surface area contributed by atoms with Crippen LogP contribution < -0.4 is 0 Å². The molecule has 1 aromatic heterocycles. The van der Waals surface area contributed by atoms with Gasteiger partial charge in [-0.05, 0) is 24.3 Å². The molecule has 1 aromatic carbocycles. The van der Waals surface area contributed by atoms with Crippen LogP contribution in [0.1, 0.15) is 5.56 Å². The number of rotatable bonds is 1. The Bertz CT molecular complexity index is 573. The third kappa shape index (κ3) is 2.01. The molecule has 0 saturated heterocycles. The number of halogens is 2. The van der Waals surface area contributed by atoms with E-state index in [4.69, 9.17) is 28.5 Å². The predicted molar refractivity (Wildman–Crippen MR) is 64.4 cm³/mol. The molecular formula is C12H6Cl2N2. The van der Waals surface area contributed by atoms with Crippen molar-refractivity contribution in [1.29, 1.82) is 5.26 Å². The highest BCUT2D eigenvalue weighted by Crippen LogP contribution is 2.28. The van der Waals surface area contributed by atoms with Crippen LogP contribution in [0.3, 0.4) is 0 Å². The Morgan fingerprint density at radius 2 is 1.94 bits per heavy atom. The molecule has 0 amide bonds. The molecule has 4 heteroatoms. The lowest BCUT2D eigenvalue weighted by Gasteiger charge is -2.04. The maximum atomic E-state index is 8.95. The summed E-state index contributed by atoms with van der Waals surface area (Å²) >= 11 is 11.7. The summed E-state index contributed by atoms with van der Waals surface area (Å²) in [5.74, 6) is 0. The standard InChI is InChI=1S/C12H6Cl2N2/c13-10-4-3-8(6-11(10)14)12-9(7-15)2-1-5-16-12/h1-6H. The van der Waals surface area contributed by atoms with Gasteiger partial charge >= 0.3 is 0 Å². The quantitative estimate of drug-likeness (QED) is 0.767. The first-order valence-electron chi connectivity index (χ1n) is 4.53. The van der Waals surface area contributed by atoms with Gasteiger partial charge in [-0.15, -0.1) is 0 Å². The number of nitriles is 1. The molecule has 0 aliphatic rings. The molecule has 0 unspecified atom stereocenters. The molecule has 0 radical (unpaired) electrons. The second-order valence-electron chi connectivity index (χ2n) is 3.14. The van der Waals surface area contributed by atoms with Gasteiger partial charge in [0.2, 0.25) is 0 Å². The van der Waals surface area contributed by atoms with Crippen LogP contribution in [-0.2, 0) is 0 Å². The smallest absolute Gasteiger partial charge is 0.101 e. The number of nitrogens with zero attached hydrogens (tertiary/aromatic N) is 2. The summed E-state index contributed by atoms with van der Waals surface area (Å²) in [6.45, 7) is 0. The molecule has 16 heavy (non-hydrogen) atoms. The van der Waals surface area contributed by atoms with Gasteiger partial charge in [-0.1, -0.05) is 29.3 Å². The van der Waals surface area contributed by atoms with Crippen molar-refractivity contribution in [2.24, 2.45) is 0 Å². The van der Waals surface area contributed by atoms with E-state index < -0.39 is 0 Å². The number of aromatic nitrogens is 1. The molecule has 0 aliphatic carbocycles. The third-order valence-corrected chi connectivity index (χ3v) is 2.86. The lowest BCUT2D eigenvalue weighted by molar-refractivity contribution is 1.30. The lowest BCUT2D eigenvalue weighted by atomic mass is 10.1. The minimum absolute atomic E-state index is 0.453. The van der Waals surface area contributed by atoms with Crippen LogP contribution >= 0.6 is 23.2 Å². The van der Waals surface area contributed by atoms with Crippen molar-refractivity contribution in [3.63, 3.8) is 0 Å². The molecule has 2 aromatic rings. The summed E-state index contributed by atoms with van der Waals surface area (Å²) in [6.07, 6.45) is 1.64. The van der Waals surface area contributed by atoms with Gasteiger partial charge in [0.25, 0.3) is 0 Å². The zero-order valence-corrected chi connectivity index (χ0v) is 9.63. The highest BCUT2D eigenvalue weighted by Gasteiger charge is 2.07. The minimum atomic E-state index is 0.453. The Kier molecular flexibility index (Phi) is 3.09. The molecule has 2 rings (SSSR count). The van der Waals surface area contributed by atoms with Crippen LogP contribution in [0.5, 0.6) is 0 Å². The molecule has 78 valence electrons. The van der Waals surface area contributed by atoms with Crippen LogP contribution in [0.2, 0.25) is 10.0 Å². The number of hydrogen-bond donors (Lipinski definition) is 0. The second kappa shape index (κ2) is 4.52. The van der Waals surface area contributed by atoms with Crippen molar-refractivity contribution < 1.29 is 0 Å². The van der Waals surface area contributed by atoms with Gasteiger partial charge in [0, 0.05) is 11.8 Å². The van der Waals surface area contributed by atoms with Crippen molar-refractivity contribution in [2.75, 3.05) is 0 Å². The minimum Gasteiger partial charge on any atom is -0.255 e. The summed E-state index contributed by atoms with van der Waals surface area (Å²) < 4.78 is 0. The van der Waals surface area contributed by atoms with E-state index in [2.05, 4.69) is 11.1 Å². The fourth-order valence-corrected chi connectivity index (χ4v) is 1.67. The molecule has 0 aliphatic heterocycles. The molecular weight excluding hydrogens is 243 g/mol. The van der Waals surface area contributed by atoms with E-state index in [1.807, 2.05) is 0 Å². The van der Waals surface area contributed by atoms with Crippen LogP contribution in [0.15, 0.2) is 36.5 Å². The molecule has 0 bridgehead atoms. The maximum absolute atomic E-state index is 8.95. The summed E-state index contributed by atoms with van der Waals surface area (Å²) in [4.78, 5) is 4.17. The van der Waals surface area contributed by atoms with Crippen molar-refractivity contribution in [3.05, 3.63) is 52.1 Å². The zero-order chi connectivity index (χ0) is 11.5. The fraction of sp³-hybridized carbons (Fsp3) is 0. The van der Waals surface area contributed by atoms with Crippen LogP contribution in [-0.4, -0.2) is 4.98 Å². The number of hydrogen-bond acceptors (Lipinski definition) is 2. The monoisotopic (exact) mass is 248 g/mol. The van der Waals surface area contributed by atoms with Gasteiger partial charge in [-0.3, -0.25) is 4.98 Å².